The Kier molecular flexibility index (Phi) is 4.70. The largest absolute Gasteiger partial charge is 0.481 e. The number of rotatable bonds is 7. The lowest BCUT2D eigenvalue weighted by atomic mass is 9.79. The minimum absolute atomic E-state index is 0.0762. The van der Waals surface area contributed by atoms with Gasteiger partial charge in [0.1, 0.15) is 12.2 Å². The van der Waals surface area contributed by atoms with Crippen molar-refractivity contribution in [1.82, 2.24) is 20.5 Å². The van der Waals surface area contributed by atoms with Gasteiger partial charge in [0.15, 0.2) is 0 Å². The number of nitrogens with one attached hydrogen (secondary N) is 2. The Hall–Kier alpha value is -1.92. The Balaban J connectivity index is 1.78. The first-order chi connectivity index (χ1) is 9.60. The third-order valence-electron chi connectivity index (χ3n) is 3.87. The zero-order valence-electron chi connectivity index (χ0n) is 11.4. The van der Waals surface area contributed by atoms with Gasteiger partial charge >= 0.3 is 5.97 Å². The molecule has 3 N–H and O–H groups in total. The molecule has 0 spiro atoms. The van der Waals surface area contributed by atoms with Crippen molar-refractivity contribution >= 4 is 11.9 Å². The highest BCUT2D eigenvalue weighted by molar-refractivity contribution is 5.78. The number of aliphatic carboxylic acids is 1. The van der Waals surface area contributed by atoms with Gasteiger partial charge in [0.2, 0.25) is 5.91 Å². The summed E-state index contributed by atoms with van der Waals surface area (Å²) in [5.41, 5.74) is -0.345. The van der Waals surface area contributed by atoms with Crippen LogP contribution < -0.4 is 5.32 Å². The highest BCUT2D eigenvalue weighted by Crippen LogP contribution is 2.43. The van der Waals surface area contributed by atoms with E-state index in [0.717, 1.165) is 31.5 Å². The van der Waals surface area contributed by atoms with Crippen molar-refractivity contribution in [2.75, 3.05) is 6.54 Å². The standard InChI is InChI=1S/C13H20N4O3/c18-11(14-6-3-10-15-9-16-17-10)7-13(8-12(19)20)4-1-2-5-13/h9H,1-8H2,(H,14,18)(H,19,20)(H,15,16,17). The molecule has 20 heavy (non-hydrogen) atoms. The maximum atomic E-state index is 12.0. The molecule has 110 valence electrons. The Morgan fingerprint density at radius 2 is 2.10 bits per heavy atom. The smallest absolute Gasteiger partial charge is 0.303 e. The number of carbonyl (C=O) groups is 2. The van der Waals surface area contributed by atoms with Crippen LogP contribution >= 0.6 is 0 Å². The van der Waals surface area contributed by atoms with Crippen LogP contribution in [0.4, 0.5) is 0 Å². The van der Waals surface area contributed by atoms with Gasteiger partial charge in [-0.2, -0.15) is 5.10 Å². The number of nitrogens with zero attached hydrogens (tertiary/aromatic N) is 2. The van der Waals surface area contributed by atoms with E-state index in [0.29, 0.717) is 19.4 Å². The van der Waals surface area contributed by atoms with Crippen molar-refractivity contribution in [3.8, 4) is 0 Å². The maximum Gasteiger partial charge on any atom is 0.303 e. The van der Waals surface area contributed by atoms with Crippen LogP contribution in [-0.2, 0) is 16.0 Å². The van der Waals surface area contributed by atoms with Gasteiger partial charge in [-0.05, 0) is 18.3 Å². The summed E-state index contributed by atoms with van der Waals surface area (Å²) in [5.74, 6) is -0.166. The fraction of sp³-hybridized carbons (Fsp3) is 0.692. The van der Waals surface area contributed by atoms with Crippen LogP contribution in [0, 0.1) is 5.41 Å². The fourth-order valence-electron chi connectivity index (χ4n) is 2.94. The Morgan fingerprint density at radius 3 is 2.70 bits per heavy atom. The summed E-state index contributed by atoms with van der Waals surface area (Å²) in [5, 5.41) is 18.3. The maximum absolute atomic E-state index is 12.0. The predicted octanol–water partition coefficient (Wildman–Crippen LogP) is 0.889. The zero-order valence-corrected chi connectivity index (χ0v) is 11.4. The molecule has 1 aromatic rings. The van der Waals surface area contributed by atoms with Crippen LogP contribution in [-0.4, -0.2) is 38.7 Å². The summed E-state index contributed by atoms with van der Waals surface area (Å²) in [7, 11) is 0. The number of carboxylic acids is 1. The summed E-state index contributed by atoms with van der Waals surface area (Å²) in [6, 6.07) is 0. The van der Waals surface area contributed by atoms with Gasteiger partial charge in [0, 0.05) is 19.4 Å². The number of aromatic nitrogens is 3. The molecule has 1 fully saturated rings. The molecule has 0 aliphatic heterocycles. The van der Waals surface area contributed by atoms with Crippen LogP contribution in [0.15, 0.2) is 6.33 Å². The van der Waals surface area contributed by atoms with Gasteiger partial charge in [-0.3, -0.25) is 14.7 Å². The molecule has 7 heteroatoms. The predicted molar refractivity (Wildman–Crippen MR) is 70.9 cm³/mol. The van der Waals surface area contributed by atoms with Crippen molar-refractivity contribution < 1.29 is 14.7 Å². The van der Waals surface area contributed by atoms with E-state index in [1.807, 2.05) is 0 Å². The average Bonchev–Trinajstić information content (AvgIpc) is 3.00. The topological polar surface area (TPSA) is 108 Å². The molecule has 7 nitrogen and oxygen atoms in total. The molecular weight excluding hydrogens is 260 g/mol. The molecule has 0 aromatic carbocycles. The van der Waals surface area contributed by atoms with E-state index in [9.17, 15) is 9.59 Å². The van der Waals surface area contributed by atoms with E-state index < -0.39 is 5.97 Å². The highest BCUT2D eigenvalue weighted by Gasteiger charge is 2.37. The highest BCUT2D eigenvalue weighted by atomic mass is 16.4. The monoisotopic (exact) mass is 280 g/mol. The Morgan fingerprint density at radius 1 is 1.35 bits per heavy atom. The van der Waals surface area contributed by atoms with Crippen LogP contribution in [0.5, 0.6) is 0 Å². The third kappa shape index (κ3) is 4.04. The summed E-state index contributed by atoms with van der Waals surface area (Å²) in [6.07, 6.45) is 6.09. The number of hydrogen-bond donors (Lipinski definition) is 3. The number of aromatic amines is 1. The molecule has 0 atom stereocenters. The van der Waals surface area contributed by atoms with Crippen molar-refractivity contribution in [2.45, 2.75) is 44.9 Å². The lowest BCUT2D eigenvalue weighted by molar-refractivity contribution is -0.140. The minimum Gasteiger partial charge on any atom is -0.481 e. The van der Waals surface area contributed by atoms with Crippen molar-refractivity contribution in [3.63, 3.8) is 0 Å². The SMILES string of the molecule is O=C(O)CC1(CC(=O)NCCc2ncn[nH]2)CCCC1. The lowest BCUT2D eigenvalue weighted by Crippen LogP contribution is -2.33. The van der Waals surface area contributed by atoms with E-state index >= 15 is 0 Å². The molecule has 0 bridgehead atoms. The van der Waals surface area contributed by atoms with Gasteiger partial charge in [-0.25, -0.2) is 4.98 Å². The molecule has 1 heterocycles. The first kappa shape index (κ1) is 14.5. The molecule has 0 radical (unpaired) electrons. The van der Waals surface area contributed by atoms with E-state index in [2.05, 4.69) is 20.5 Å². The molecular formula is C13H20N4O3. The van der Waals surface area contributed by atoms with E-state index in [1.54, 1.807) is 0 Å². The lowest BCUT2D eigenvalue weighted by Gasteiger charge is -2.26. The quantitative estimate of drug-likeness (QED) is 0.687. The molecule has 0 unspecified atom stereocenters. The molecule has 1 saturated carbocycles. The van der Waals surface area contributed by atoms with Crippen LogP contribution in [0.1, 0.15) is 44.3 Å². The van der Waals surface area contributed by atoms with Crippen LogP contribution in [0.25, 0.3) is 0 Å². The molecule has 1 aromatic heterocycles. The van der Waals surface area contributed by atoms with Gasteiger partial charge in [0.05, 0.1) is 6.42 Å². The van der Waals surface area contributed by atoms with Crippen molar-refractivity contribution in [3.05, 3.63) is 12.2 Å². The van der Waals surface area contributed by atoms with Gasteiger partial charge < -0.3 is 10.4 Å². The third-order valence-corrected chi connectivity index (χ3v) is 3.87. The summed E-state index contributed by atoms with van der Waals surface area (Å²) in [6.45, 7) is 0.483. The Bertz CT molecular complexity index is 452. The molecule has 2 rings (SSSR count). The summed E-state index contributed by atoms with van der Waals surface area (Å²) < 4.78 is 0. The second kappa shape index (κ2) is 6.49. The number of carbonyl (C=O) groups excluding carboxylic acids is 1. The summed E-state index contributed by atoms with van der Waals surface area (Å²) >= 11 is 0. The number of H-pyrrole nitrogens is 1. The number of carboxylic acid groups (broad SMARTS) is 1. The van der Waals surface area contributed by atoms with Gasteiger partial charge in [0.25, 0.3) is 0 Å². The molecule has 1 amide bonds. The van der Waals surface area contributed by atoms with E-state index in [4.69, 9.17) is 5.11 Å². The molecule has 1 aliphatic rings. The van der Waals surface area contributed by atoms with Crippen LogP contribution in [0.3, 0.4) is 0 Å². The second-order valence-electron chi connectivity index (χ2n) is 5.49. The second-order valence-corrected chi connectivity index (χ2v) is 5.49. The zero-order chi connectivity index (χ0) is 14.4. The molecule has 0 saturated heterocycles. The van der Waals surface area contributed by atoms with Gasteiger partial charge in [-0.1, -0.05) is 12.8 Å². The number of amides is 1. The Labute approximate surface area is 117 Å². The normalized spacial score (nSPS) is 17.0. The average molecular weight is 280 g/mol. The van der Waals surface area contributed by atoms with Crippen molar-refractivity contribution in [1.29, 1.82) is 0 Å². The van der Waals surface area contributed by atoms with E-state index in [-0.39, 0.29) is 17.7 Å². The van der Waals surface area contributed by atoms with Crippen molar-refractivity contribution in [2.24, 2.45) is 5.41 Å². The fourth-order valence-corrected chi connectivity index (χ4v) is 2.94. The first-order valence-corrected chi connectivity index (χ1v) is 6.92. The number of hydrogen-bond acceptors (Lipinski definition) is 4. The molecule has 1 aliphatic carbocycles. The summed E-state index contributed by atoms with van der Waals surface area (Å²) in [4.78, 5) is 26.9. The van der Waals surface area contributed by atoms with E-state index in [1.165, 1.54) is 6.33 Å². The van der Waals surface area contributed by atoms with Crippen LogP contribution in [0.2, 0.25) is 0 Å². The van der Waals surface area contributed by atoms with Gasteiger partial charge in [-0.15, -0.1) is 0 Å². The first-order valence-electron chi connectivity index (χ1n) is 6.92. The minimum atomic E-state index is -0.818.